The highest BCUT2D eigenvalue weighted by Gasteiger charge is 2.44. The predicted molar refractivity (Wildman–Crippen MR) is 217 cm³/mol. The number of hydrogen-bond donors (Lipinski definition) is 2. The second-order valence-corrected chi connectivity index (χ2v) is 18.2. The summed E-state index contributed by atoms with van der Waals surface area (Å²) in [6.45, 7) is 9.37. The smallest absolute Gasteiger partial charge is 0.264 e. The SMILES string of the molecule is CCCC1(CCC)c2cc(OCCCS(=O)(=O)O)ccc2-c2ccc(-c3ccc4c(c3)C(CCC)(CCC)c3cc(OCCCS(=O)(=O)O)ccc3-4)cc21. The first-order valence-electron chi connectivity index (χ1n) is 19.5. The molecule has 4 aromatic carbocycles. The molecule has 0 saturated carbocycles. The summed E-state index contributed by atoms with van der Waals surface area (Å²) < 4.78 is 75.3. The number of benzene rings is 4. The molecule has 2 N–H and O–H groups in total. The van der Waals surface area contributed by atoms with Gasteiger partial charge in [0.15, 0.2) is 0 Å². The monoisotopic (exact) mass is 774 g/mol. The topological polar surface area (TPSA) is 127 Å². The third-order valence-electron chi connectivity index (χ3n) is 11.3. The molecule has 2 aliphatic carbocycles. The maximum Gasteiger partial charge on any atom is 0.264 e. The minimum absolute atomic E-state index is 0.184. The molecule has 10 heteroatoms. The molecule has 6 rings (SSSR count). The van der Waals surface area contributed by atoms with Crippen molar-refractivity contribution in [3.8, 4) is 44.9 Å². The van der Waals surface area contributed by atoms with Crippen LogP contribution in [-0.4, -0.2) is 50.7 Å². The Morgan fingerprint density at radius 2 is 0.796 bits per heavy atom. The van der Waals surface area contributed by atoms with Gasteiger partial charge in [-0.2, -0.15) is 16.8 Å². The molecule has 0 heterocycles. The summed E-state index contributed by atoms with van der Waals surface area (Å²) in [6.07, 6.45) is 8.47. The zero-order chi connectivity index (χ0) is 38.7. The molecule has 2 aliphatic rings. The summed E-state index contributed by atoms with van der Waals surface area (Å²) in [6, 6.07) is 26.4. The quantitative estimate of drug-likeness (QED) is 0.0712. The maximum atomic E-state index is 11.2. The number of rotatable bonds is 19. The van der Waals surface area contributed by atoms with Crippen molar-refractivity contribution in [3.63, 3.8) is 0 Å². The second kappa shape index (κ2) is 16.2. The molecule has 8 nitrogen and oxygen atoms in total. The molecule has 4 aromatic rings. The van der Waals surface area contributed by atoms with Crippen LogP contribution in [0, 0.1) is 0 Å². The molecule has 0 spiro atoms. The molecular weight excluding hydrogens is 721 g/mol. The number of ether oxygens (including phenoxy) is 2. The summed E-state index contributed by atoms with van der Waals surface area (Å²) >= 11 is 0. The summed E-state index contributed by atoms with van der Waals surface area (Å²) in [5.41, 5.74) is 12.1. The Kier molecular flexibility index (Phi) is 12.0. The van der Waals surface area contributed by atoms with Crippen molar-refractivity contribution < 1.29 is 35.4 Å². The van der Waals surface area contributed by atoms with E-state index in [9.17, 15) is 16.8 Å². The Bertz CT molecular complexity index is 2040. The van der Waals surface area contributed by atoms with Crippen molar-refractivity contribution >= 4 is 20.2 Å². The zero-order valence-corrected chi connectivity index (χ0v) is 33.6. The van der Waals surface area contributed by atoms with Crippen LogP contribution in [0.25, 0.3) is 33.4 Å². The fourth-order valence-electron chi connectivity index (χ4n) is 9.38. The molecule has 0 aliphatic heterocycles. The lowest BCUT2D eigenvalue weighted by atomic mass is 9.70. The molecule has 0 saturated heterocycles. The molecule has 0 bridgehead atoms. The van der Waals surface area contributed by atoms with Crippen molar-refractivity contribution in [2.45, 2.75) is 103 Å². The van der Waals surface area contributed by atoms with Gasteiger partial charge < -0.3 is 9.47 Å². The van der Waals surface area contributed by atoms with Gasteiger partial charge in [0.25, 0.3) is 20.2 Å². The molecule has 0 amide bonds. The Balaban J connectivity index is 1.37. The van der Waals surface area contributed by atoms with Gasteiger partial charge in [0.05, 0.1) is 24.7 Å². The van der Waals surface area contributed by atoms with E-state index in [2.05, 4.69) is 88.4 Å². The highest BCUT2D eigenvalue weighted by atomic mass is 32.2. The van der Waals surface area contributed by atoms with Crippen LogP contribution in [0.3, 0.4) is 0 Å². The van der Waals surface area contributed by atoms with E-state index in [4.69, 9.17) is 18.6 Å². The molecular formula is C44H54O8S2. The third kappa shape index (κ3) is 7.99. The number of fused-ring (bicyclic) bond motifs is 6. The average molecular weight is 775 g/mol. The van der Waals surface area contributed by atoms with E-state index in [1.54, 1.807) is 0 Å². The van der Waals surface area contributed by atoms with E-state index >= 15 is 0 Å². The van der Waals surface area contributed by atoms with Gasteiger partial charge in [-0.1, -0.05) is 89.8 Å². The third-order valence-corrected chi connectivity index (χ3v) is 12.9. The summed E-state index contributed by atoms with van der Waals surface area (Å²) in [4.78, 5) is 0. The van der Waals surface area contributed by atoms with E-state index in [1.807, 2.05) is 12.1 Å². The van der Waals surface area contributed by atoms with Crippen molar-refractivity contribution in [1.29, 1.82) is 0 Å². The molecule has 0 unspecified atom stereocenters. The average Bonchev–Trinajstić information content (AvgIpc) is 3.54. The highest BCUT2D eigenvalue weighted by molar-refractivity contribution is 7.86. The van der Waals surface area contributed by atoms with Crippen LogP contribution in [0.2, 0.25) is 0 Å². The van der Waals surface area contributed by atoms with Gasteiger partial charge in [-0.15, -0.1) is 0 Å². The molecule has 290 valence electrons. The fourth-order valence-corrected chi connectivity index (χ4v) is 10.3. The first kappa shape index (κ1) is 40.0. The van der Waals surface area contributed by atoms with Crippen LogP contribution < -0.4 is 9.47 Å². The number of hydrogen-bond acceptors (Lipinski definition) is 6. The fraction of sp³-hybridized carbons (Fsp3) is 0.455. The van der Waals surface area contributed by atoms with Crippen molar-refractivity contribution in [2.24, 2.45) is 0 Å². The molecule has 0 fully saturated rings. The van der Waals surface area contributed by atoms with E-state index in [0.29, 0.717) is 11.5 Å². The lowest BCUT2D eigenvalue weighted by Crippen LogP contribution is -2.25. The van der Waals surface area contributed by atoms with Crippen LogP contribution in [0.4, 0.5) is 0 Å². The summed E-state index contributed by atoms with van der Waals surface area (Å²) in [5.74, 6) is 0.765. The van der Waals surface area contributed by atoms with Gasteiger partial charge in [-0.3, -0.25) is 9.11 Å². The largest absolute Gasteiger partial charge is 0.494 e. The van der Waals surface area contributed by atoms with Crippen LogP contribution in [-0.2, 0) is 31.1 Å². The Morgan fingerprint density at radius 3 is 1.11 bits per heavy atom. The predicted octanol–water partition coefficient (Wildman–Crippen LogP) is 10.4. The van der Waals surface area contributed by atoms with Crippen LogP contribution in [0.5, 0.6) is 11.5 Å². The van der Waals surface area contributed by atoms with Gasteiger partial charge in [0.2, 0.25) is 0 Å². The second-order valence-electron chi connectivity index (χ2n) is 15.1. The van der Waals surface area contributed by atoms with E-state index < -0.39 is 20.2 Å². The first-order valence-corrected chi connectivity index (χ1v) is 22.8. The van der Waals surface area contributed by atoms with Crippen LogP contribution in [0.1, 0.15) is 114 Å². The normalized spacial score (nSPS) is 15.0. The Morgan fingerprint density at radius 1 is 0.481 bits per heavy atom. The van der Waals surface area contributed by atoms with Gasteiger partial charge >= 0.3 is 0 Å². The maximum absolute atomic E-state index is 11.2. The highest BCUT2D eigenvalue weighted by Crippen LogP contribution is 2.57. The molecule has 0 aromatic heterocycles. The lowest BCUT2D eigenvalue weighted by molar-refractivity contribution is 0.314. The summed E-state index contributed by atoms with van der Waals surface area (Å²) in [5, 5.41) is 0. The van der Waals surface area contributed by atoms with Crippen LogP contribution >= 0.6 is 0 Å². The standard InChI is InChI=1S/C44H54O8S2/c1-5-19-43(20-6-2)39-27-31(11-15-35(39)37-17-13-33(29-41(37)43)51-23-9-25-53(45,46)47)32-12-16-36-38-18-14-34(52-24-10-26-54(48,49)50)30-42(38)44(21-7-3,22-8-4)40(36)28-32/h11-18,27-30H,5-10,19-26H2,1-4H3,(H,45,46,47)(H,48,49,50). The minimum Gasteiger partial charge on any atom is -0.494 e. The first-order chi connectivity index (χ1) is 25.8. The zero-order valence-electron chi connectivity index (χ0n) is 32.0. The Labute approximate surface area is 321 Å². The Hall–Kier alpha value is -3.70. The van der Waals surface area contributed by atoms with Gasteiger partial charge in [-0.25, -0.2) is 0 Å². The molecule has 54 heavy (non-hydrogen) atoms. The van der Waals surface area contributed by atoms with Crippen LogP contribution in [0.15, 0.2) is 72.8 Å². The van der Waals surface area contributed by atoms with E-state index in [1.165, 1.54) is 55.6 Å². The molecule has 0 atom stereocenters. The van der Waals surface area contributed by atoms with Crippen molar-refractivity contribution in [2.75, 3.05) is 24.7 Å². The lowest BCUT2D eigenvalue weighted by Gasteiger charge is -2.33. The van der Waals surface area contributed by atoms with Gasteiger partial charge in [0.1, 0.15) is 11.5 Å². The van der Waals surface area contributed by atoms with Gasteiger partial charge in [0, 0.05) is 10.8 Å². The molecule has 0 radical (unpaired) electrons. The minimum atomic E-state index is -4.03. The van der Waals surface area contributed by atoms with Crippen molar-refractivity contribution in [3.05, 3.63) is 95.1 Å². The van der Waals surface area contributed by atoms with E-state index in [-0.39, 0.29) is 48.4 Å². The van der Waals surface area contributed by atoms with Gasteiger partial charge in [-0.05, 0) is 131 Å². The van der Waals surface area contributed by atoms with Crippen molar-refractivity contribution in [1.82, 2.24) is 0 Å². The van der Waals surface area contributed by atoms with E-state index in [0.717, 1.165) is 51.4 Å². The summed E-state index contributed by atoms with van der Waals surface area (Å²) in [7, 11) is -8.06.